The predicted octanol–water partition coefficient (Wildman–Crippen LogP) is 5.62. The van der Waals surface area contributed by atoms with Gasteiger partial charge in [-0.2, -0.15) is 4.39 Å². The lowest BCUT2D eigenvalue weighted by Gasteiger charge is -2.27. The number of ether oxygens (including phenoxy) is 2. The largest absolute Gasteiger partial charge is 0.505 e. The average Bonchev–Trinajstić information content (AvgIpc) is 2.73. The van der Waals surface area contributed by atoms with Gasteiger partial charge in [0.05, 0.1) is 13.2 Å². The first-order chi connectivity index (χ1) is 13.9. The zero-order chi connectivity index (χ0) is 20.5. The lowest BCUT2D eigenvalue weighted by Crippen LogP contribution is -2.29. The SMILES string of the molecule is CC1OCC(c2ccc(-c3ccc(-c4ccc(O)c(F)c4F)cc3)cc2F)CO1. The van der Waals surface area contributed by atoms with E-state index < -0.39 is 17.4 Å². The number of aromatic hydroxyl groups is 1. The van der Waals surface area contributed by atoms with E-state index in [0.29, 0.717) is 29.9 Å². The molecule has 0 radical (unpaired) electrons. The maximum Gasteiger partial charge on any atom is 0.200 e. The third-order valence-corrected chi connectivity index (χ3v) is 5.10. The molecule has 3 aromatic rings. The van der Waals surface area contributed by atoms with Gasteiger partial charge in [-0.15, -0.1) is 0 Å². The first-order valence-electron chi connectivity index (χ1n) is 9.24. The second kappa shape index (κ2) is 7.89. The van der Waals surface area contributed by atoms with E-state index in [0.717, 1.165) is 11.6 Å². The Morgan fingerprint density at radius 3 is 2.07 bits per heavy atom. The molecule has 1 heterocycles. The van der Waals surface area contributed by atoms with Crippen LogP contribution in [-0.2, 0) is 9.47 Å². The minimum Gasteiger partial charge on any atom is -0.505 e. The van der Waals surface area contributed by atoms with Crippen molar-refractivity contribution in [3.63, 3.8) is 0 Å². The molecule has 3 aromatic carbocycles. The molecule has 0 saturated carbocycles. The van der Waals surface area contributed by atoms with Gasteiger partial charge in [0, 0.05) is 11.5 Å². The predicted molar refractivity (Wildman–Crippen MR) is 103 cm³/mol. The van der Waals surface area contributed by atoms with Crippen LogP contribution in [0, 0.1) is 17.5 Å². The minimum absolute atomic E-state index is 0.0416. The quantitative estimate of drug-likeness (QED) is 0.620. The molecule has 4 rings (SSSR count). The highest BCUT2D eigenvalue weighted by atomic mass is 19.2. The van der Waals surface area contributed by atoms with Crippen molar-refractivity contribution in [3.05, 3.63) is 77.6 Å². The summed E-state index contributed by atoms with van der Waals surface area (Å²) in [5.41, 5.74) is 2.44. The summed E-state index contributed by atoms with van der Waals surface area (Å²) in [5.74, 6) is -3.63. The van der Waals surface area contributed by atoms with E-state index in [1.165, 1.54) is 12.1 Å². The number of rotatable bonds is 3. The van der Waals surface area contributed by atoms with Crippen LogP contribution in [0.2, 0.25) is 0 Å². The summed E-state index contributed by atoms with van der Waals surface area (Å²) in [6.07, 6.45) is -0.279. The van der Waals surface area contributed by atoms with E-state index in [4.69, 9.17) is 9.47 Å². The molecule has 1 N–H and O–H groups in total. The molecule has 3 nitrogen and oxygen atoms in total. The Morgan fingerprint density at radius 2 is 1.41 bits per heavy atom. The van der Waals surface area contributed by atoms with Gasteiger partial charge in [0.25, 0.3) is 0 Å². The number of halogens is 3. The molecule has 6 heteroatoms. The zero-order valence-electron chi connectivity index (χ0n) is 15.7. The topological polar surface area (TPSA) is 38.7 Å². The van der Waals surface area contributed by atoms with Gasteiger partial charge in [-0.3, -0.25) is 0 Å². The summed E-state index contributed by atoms with van der Waals surface area (Å²) in [7, 11) is 0. The summed E-state index contributed by atoms with van der Waals surface area (Å²) in [4.78, 5) is 0. The smallest absolute Gasteiger partial charge is 0.200 e. The van der Waals surface area contributed by atoms with Gasteiger partial charge in [-0.25, -0.2) is 8.78 Å². The van der Waals surface area contributed by atoms with Gasteiger partial charge >= 0.3 is 0 Å². The van der Waals surface area contributed by atoms with E-state index in [2.05, 4.69) is 0 Å². The molecule has 29 heavy (non-hydrogen) atoms. The van der Waals surface area contributed by atoms with E-state index in [9.17, 15) is 18.3 Å². The van der Waals surface area contributed by atoms with E-state index in [-0.39, 0.29) is 23.6 Å². The number of benzene rings is 3. The molecule has 0 unspecified atom stereocenters. The van der Waals surface area contributed by atoms with Crippen molar-refractivity contribution >= 4 is 0 Å². The molecule has 1 aliphatic rings. The fourth-order valence-corrected chi connectivity index (χ4v) is 3.42. The summed E-state index contributed by atoms with van der Waals surface area (Å²) >= 11 is 0. The van der Waals surface area contributed by atoms with Crippen molar-refractivity contribution in [3.8, 4) is 28.0 Å². The van der Waals surface area contributed by atoms with Crippen molar-refractivity contribution in [2.24, 2.45) is 0 Å². The Morgan fingerprint density at radius 1 is 0.793 bits per heavy atom. The average molecular weight is 400 g/mol. The fourth-order valence-electron chi connectivity index (χ4n) is 3.42. The van der Waals surface area contributed by atoms with Gasteiger partial charge in [0.15, 0.2) is 17.9 Å². The molecule has 0 atom stereocenters. The van der Waals surface area contributed by atoms with Crippen LogP contribution in [0.4, 0.5) is 13.2 Å². The molecule has 0 aromatic heterocycles. The normalized spacial score (nSPS) is 19.3. The lowest BCUT2D eigenvalue weighted by molar-refractivity contribution is -0.176. The highest BCUT2D eigenvalue weighted by Gasteiger charge is 2.23. The Bertz CT molecular complexity index is 1030. The van der Waals surface area contributed by atoms with Crippen molar-refractivity contribution < 1.29 is 27.8 Å². The van der Waals surface area contributed by atoms with Crippen molar-refractivity contribution in [1.29, 1.82) is 0 Å². The highest BCUT2D eigenvalue weighted by Crippen LogP contribution is 2.32. The molecule has 0 amide bonds. The maximum absolute atomic E-state index is 14.7. The molecule has 0 spiro atoms. The zero-order valence-corrected chi connectivity index (χ0v) is 15.7. The van der Waals surface area contributed by atoms with Crippen LogP contribution in [0.3, 0.4) is 0 Å². The summed E-state index contributed by atoms with van der Waals surface area (Å²) < 4.78 is 53.2. The molecule has 1 fully saturated rings. The second-order valence-electron chi connectivity index (χ2n) is 7.01. The molecule has 0 aliphatic carbocycles. The highest BCUT2D eigenvalue weighted by molar-refractivity contribution is 5.71. The van der Waals surface area contributed by atoms with Gasteiger partial charge in [0.1, 0.15) is 5.82 Å². The van der Waals surface area contributed by atoms with Crippen molar-refractivity contribution in [1.82, 2.24) is 0 Å². The Balaban J connectivity index is 1.58. The standard InChI is InChI=1S/C23H19F3O3/c1-13-28-11-17(12-29-13)18-7-6-16(10-20(18)24)14-2-4-15(5-3-14)19-8-9-21(27)23(26)22(19)25/h2-10,13,17,27H,11-12H2,1H3. The van der Waals surface area contributed by atoms with Crippen LogP contribution in [0.5, 0.6) is 5.75 Å². The van der Waals surface area contributed by atoms with E-state index in [1.807, 2.05) is 6.07 Å². The van der Waals surface area contributed by atoms with Gasteiger partial charge in [-0.1, -0.05) is 36.4 Å². The van der Waals surface area contributed by atoms with Gasteiger partial charge < -0.3 is 14.6 Å². The third kappa shape index (κ3) is 3.86. The first-order valence-corrected chi connectivity index (χ1v) is 9.24. The maximum atomic E-state index is 14.7. The molecular weight excluding hydrogens is 381 g/mol. The molecule has 1 aliphatic heterocycles. The molecule has 150 valence electrons. The summed E-state index contributed by atoms with van der Waals surface area (Å²) in [6, 6.07) is 14.1. The first kappa shape index (κ1) is 19.5. The molecule has 1 saturated heterocycles. The number of phenolic OH excluding ortho intramolecular Hbond substituents is 1. The molecular formula is C23H19F3O3. The lowest BCUT2D eigenvalue weighted by atomic mass is 9.95. The number of phenols is 1. The summed E-state index contributed by atoms with van der Waals surface area (Å²) in [6.45, 7) is 2.61. The molecule has 0 bridgehead atoms. The van der Waals surface area contributed by atoms with Gasteiger partial charge in [-0.05, 0) is 47.4 Å². The van der Waals surface area contributed by atoms with E-state index in [1.54, 1.807) is 37.3 Å². The van der Waals surface area contributed by atoms with Crippen LogP contribution >= 0.6 is 0 Å². The number of hydrogen-bond donors (Lipinski definition) is 1. The Hall–Kier alpha value is -2.83. The third-order valence-electron chi connectivity index (χ3n) is 5.10. The summed E-state index contributed by atoms with van der Waals surface area (Å²) in [5, 5.41) is 9.25. The van der Waals surface area contributed by atoms with E-state index >= 15 is 0 Å². The van der Waals surface area contributed by atoms with Gasteiger partial charge in [0.2, 0.25) is 5.82 Å². The second-order valence-corrected chi connectivity index (χ2v) is 7.01. The van der Waals surface area contributed by atoms with Crippen molar-refractivity contribution in [2.75, 3.05) is 13.2 Å². The van der Waals surface area contributed by atoms with Crippen LogP contribution in [-0.4, -0.2) is 24.6 Å². The van der Waals surface area contributed by atoms with Crippen LogP contribution in [0.25, 0.3) is 22.3 Å². The Labute approximate surface area is 166 Å². The fraction of sp³-hybridized carbons (Fsp3) is 0.217. The minimum atomic E-state index is -1.28. The number of hydrogen-bond acceptors (Lipinski definition) is 3. The Kier molecular flexibility index (Phi) is 5.30. The monoisotopic (exact) mass is 400 g/mol. The van der Waals surface area contributed by atoms with Crippen LogP contribution < -0.4 is 0 Å². The van der Waals surface area contributed by atoms with Crippen LogP contribution in [0.15, 0.2) is 54.6 Å². The van der Waals surface area contributed by atoms with Crippen LogP contribution in [0.1, 0.15) is 18.4 Å². The van der Waals surface area contributed by atoms with Crippen molar-refractivity contribution in [2.45, 2.75) is 19.1 Å².